The summed E-state index contributed by atoms with van der Waals surface area (Å²) < 4.78 is 12.7. The number of nitrogens with zero attached hydrogens (tertiary/aromatic N) is 3. The molecule has 0 saturated heterocycles. The molecule has 1 aromatic heterocycles. The zero-order valence-electron chi connectivity index (χ0n) is 16.6. The number of para-hydroxylation sites is 1. The lowest BCUT2D eigenvalue weighted by molar-refractivity contribution is 0.354. The molecule has 3 heterocycles. The minimum Gasteiger partial charge on any atom is -0.493 e. The van der Waals surface area contributed by atoms with Gasteiger partial charge in [-0.25, -0.2) is 4.79 Å². The van der Waals surface area contributed by atoms with E-state index in [2.05, 4.69) is 28.1 Å². The van der Waals surface area contributed by atoms with Gasteiger partial charge in [0.25, 0.3) is 0 Å². The Morgan fingerprint density at radius 1 is 0.931 bits per heavy atom. The van der Waals surface area contributed by atoms with Crippen molar-refractivity contribution in [2.24, 2.45) is 0 Å². The van der Waals surface area contributed by atoms with Crippen molar-refractivity contribution in [3.05, 3.63) is 64.1 Å². The maximum absolute atomic E-state index is 12.9. The van der Waals surface area contributed by atoms with Gasteiger partial charge in [-0.1, -0.05) is 18.2 Å². The summed E-state index contributed by atoms with van der Waals surface area (Å²) >= 11 is 0. The number of hydrogen-bond donors (Lipinski definition) is 0. The predicted molar refractivity (Wildman–Crippen MR) is 113 cm³/mol. The van der Waals surface area contributed by atoms with E-state index >= 15 is 0 Å². The highest BCUT2D eigenvalue weighted by molar-refractivity contribution is 5.74. The number of methoxy groups -OCH3 is 2. The van der Waals surface area contributed by atoms with Crippen molar-refractivity contribution in [3.8, 4) is 22.8 Å². The standard InChI is InChI=1S/C23H23N3O3/c1-28-20-12-16-9-11-26-19(17(16)13-21(20)29-2)14-22(24-23(26)27)25-10-5-7-15-6-3-4-8-18(15)25/h3-4,6,8,12-14H,5,7,9-11H2,1-2H3. The first-order valence-corrected chi connectivity index (χ1v) is 9.92. The van der Waals surface area contributed by atoms with E-state index in [-0.39, 0.29) is 5.69 Å². The number of fused-ring (bicyclic) bond motifs is 4. The van der Waals surface area contributed by atoms with Crippen LogP contribution >= 0.6 is 0 Å². The van der Waals surface area contributed by atoms with E-state index in [1.807, 2.05) is 24.3 Å². The van der Waals surface area contributed by atoms with Gasteiger partial charge in [0.05, 0.1) is 19.9 Å². The molecule has 0 spiro atoms. The highest BCUT2D eigenvalue weighted by Gasteiger charge is 2.25. The fourth-order valence-corrected chi connectivity index (χ4v) is 4.44. The van der Waals surface area contributed by atoms with Crippen molar-refractivity contribution in [2.75, 3.05) is 25.7 Å². The fourth-order valence-electron chi connectivity index (χ4n) is 4.44. The Hall–Kier alpha value is -3.28. The molecule has 0 aliphatic carbocycles. The highest BCUT2D eigenvalue weighted by atomic mass is 16.5. The number of aromatic nitrogens is 2. The minimum absolute atomic E-state index is 0.207. The molecule has 0 saturated carbocycles. The van der Waals surface area contributed by atoms with Crippen LogP contribution in [-0.2, 0) is 19.4 Å². The largest absolute Gasteiger partial charge is 0.493 e. The molecule has 0 amide bonds. The molecule has 0 bridgehead atoms. The summed E-state index contributed by atoms with van der Waals surface area (Å²) in [5.41, 5.74) is 5.26. The first-order valence-electron chi connectivity index (χ1n) is 9.92. The molecule has 0 radical (unpaired) electrons. The van der Waals surface area contributed by atoms with Gasteiger partial charge in [0.2, 0.25) is 0 Å². The van der Waals surface area contributed by atoms with Crippen molar-refractivity contribution in [3.63, 3.8) is 0 Å². The second-order valence-electron chi connectivity index (χ2n) is 7.43. The molecule has 0 unspecified atom stereocenters. The Morgan fingerprint density at radius 2 is 1.72 bits per heavy atom. The minimum atomic E-state index is -0.207. The fraction of sp³-hybridized carbons (Fsp3) is 0.304. The van der Waals surface area contributed by atoms with Crippen molar-refractivity contribution < 1.29 is 9.47 Å². The molecular formula is C23H23N3O3. The second kappa shape index (κ2) is 6.95. The summed E-state index contributed by atoms with van der Waals surface area (Å²) in [7, 11) is 3.27. The van der Waals surface area contributed by atoms with Gasteiger partial charge in [0.15, 0.2) is 11.5 Å². The molecule has 6 nitrogen and oxygen atoms in total. The molecule has 6 heteroatoms. The normalized spacial score (nSPS) is 14.6. The molecule has 148 valence electrons. The summed E-state index contributed by atoms with van der Waals surface area (Å²) in [6, 6.07) is 14.4. The summed E-state index contributed by atoms with van der Waals surface area (Å²) in [5.74, 6) is 2.08. The van der Waals surface area contributed by atoms with Gasteiger partial charge in [-0.3, -0.25) is 4.57 Å². The topological polar surface area (TPSA) is 56.6 Å². The maximum Gasteiger partial charge on any atom is 0.350 e. The van der Waals surface area contributed by atoms with Crippen LogP contribution in [0.4, 0.5) is 11.5 Å². The van der Waals surface area contributed by atoms with Crippen LogP contribution in [-0.4, -0.2) is 30.3 Å². The number of hydrogen-bond acceptors (Lipinski definition) is 5. The van der Waals surface area contributed by atoms with Crippen LogP contribution in [0.1, 0.15) is 17.5 Å². The smallest absolute Gasteiger partial charge is 0.350 e. The summed E-state index contributed by atoms with van der Waals surface area (Å²) in [5, 5.41) is 0. The van der Waals surface area contributed by atoms with Crippen LogP contribution in [0.2, 0.25) is 0 Å². The number of aryl methyl sites for hydroxylation is 2. The molecule has 3 aromatic rings. The molecule has 2 aliphatic heterocycles. The van der Waals surface area contributed by atoms with Crippen LogP contribution in [0.25, 0.3) is 11.3 Å². The van der Waals surface area contributed by atoms with E-state index in [0.29, 0.717) is 23.9 Å². The monoisotopic (exact) mass is 389 g/mol. The van der Waals surface area contributed by atoms with E-state index in [1.165, 1.54) is 5.56 Å². The van der Waals surface area contributed by atoms with Crippen LogP contribution in [0.5, 0.6) is 11.5 Å². The molecule has 2 aromatic carbocycles. The second-order valence-corrected chi connectivity index (χ2v) is 7.43. The average Bonchev–Trinajstić information content (AvgIpc) is 2.77. The van der Waals surface area contributed by atoms with Gasteiger partial charge in [-0.05, 0) is 48.6 Å². The van der Waals surface area contributed by atoms with E-state index in [0.717, 1.165) is 48.3 Å². The highest BCUT2D eigenvalue weighted by Crippen LogP contribution is 2.39. The van der Waals surface area contributed by atoms with Crippen LogP contribution in [0.15, 0.2) is 47.3 Å². The van der Waals surface area contributed by atoms with Gasteiger partial charge < -0.3 is 14.4 Å². The van der Waals surface area contributed by atoms with Gasteiger partial charge >= 0.3 is 5.69 Å². The predicted octanol–water partition coefficient (Wildman–Crippen LogP) is 3.57. The zero-order valence-corrected chi connectivity index (χ0v) is 16.6. The van der Waals surface area contributed by atoms with E-state index < -0.39 is 0 Å². The Balaban J connectivity index is 1.68. The van der Waals surface area contributed by atoms with Gasteiger partial charge in [-0.2, -0.15) is 4.98 Å². The average molecular weight is 389 g/mol. The third-order valence-electron chi connectivity index (χ3n) is 5.87. The van der Waals surface area contributed by atoms with Crippen molar-refractivity contribution >= 4 is 11.5 Å². The molecule has 29 heavy (non-hydrogen) atoms. The first kappa shape index (κ1) is 17.8. The summed E-state index contributed by atoms with van der Waals surface area (Å²) in [6.45, 7) is 1.46. The van der Waals surface area contributed by atoms with Gasteiger partial charge in [0.1, 0.15) is 5.82 Å². The van der Waals surface area contributed by atoms with Gasteiger partial charge in [0, 0.05) is 30.4 Å². The molecule has 5 rings (SSSR count). The number of rotatable bonds is 3. The molecule has 0 atom stereocenters. The van der Waals surface area contributed by atoms with Crippen molar-refractivity contribution in [1.82, 2.24) is 9.55 Å². The molecular weight excluding hydrogens is 366 g/mol. The number of ether oxygens (including phenoxy) is 2. The Labute approximate surface area is 169 Å². The van der Waals surface area contributed by atoms with E-state index in [4.69, 9.17) is 9.47 Å². The van der Waals surface area contributed by atoms with Gasteiger partial charge in [-0.15, -0.1) is 0 Å². The van der Waals surface area contributed by atoms with Crippen LogP contribution < -0.4 is 20.1 Å². The quantitative estimate of drug-likeness (QED) is 0.686. The zero-order chi connectivity index (χ0) is 20.0. The summed E-state index contributed by atoms with van der Waals surface area (Å²) in [4.78, 5) is 19.5. The van der Waals surface area contributed by atoms with E-state index in [1.54, 1.807) is 18.8 Å². The van der Waals surface area contributed by atoms with Crippen molar-refractivity contribution in [1.29, 1.82) is 0 Å². The Kier molecular flexibility index (Phi) is 4.27. The maximum atomic E-state index is 12.9. The van der Waals surface area contributed by atoms with Crippen LogP contribution in [0, 0.1) is 0 Å². The molecule has 2 aliphatic rings. The lowest BCUT2D eigenvalue weighted by Gasteiger charge is -2.31. The first-order chi connectivity index (χ1) is 14.2. The summed E-state index contributed by atoms with van der Waals surface area (Å²) in [6.07, 6.45) is 2.85. The van der Waals surface area contributed by atoms with Crippen molar-refractivity contribution in [2.45, 2.75) is 25.8 Å². The van der Waals surface area contributed by atoms with Crippen LogP contribution in [0.3, 0.4) is 0 Å². The SMILES string of the molecule is COc1cc2c(cc1OC)-c1cc(N3CCCc4ccccc43)nc(=O)n1CC2. The third kappa shape index (κ3) is 2.87. The molecule has 0 N–H and O–H groups in total. The van der Waals surface area contributed by atoms with E-state index in [9.17, 15) is 4.79 Å². The lowest BCUT2D eigenvalue weighted by atomic mass is 9.96. The lowest BCUT2D eigenvalue weighted by Crippen LogP contribution is -2.32. The third-order valence-corrected chi connectivity index (χ3v) is 5.87. The number of anilines is 2. The Bertz CT molecular complexity index is 1150. The number of benzene rings is 2. The Morgan fingerprint density at radius 3 is 2.55 bits per heavy atom. The molecule has 0 fully saturated rings.